The number of aromatic nitrogens is 2. The molecule has 0 unspecified atom stereocenters. The Morgan fingerprint density at radius 2 is 1.50 bits per heavy atom. The van der Waals surface area contributed by atoms with Gasteiger partial charge in [0, 0.05) is 5.69 Å². The number of nitrogens with one attached hydrogen (secondary N) is 2. The van der Waals surface area contributed by atoms with Gasteiger partial charge < -0.3 is 5.32 Å². The quantitative estimate of drug-likeness (QED) is 0.712. The Hall–Kier alpha value is -2.93. The highest BCUT2D eigenvalue weighted by Crippen LogP contribution is 2.21. The maximum atomic E-state index is 12.6. The highest BCUT2D eigenvalue weighted by Gasteiger charge is 2.18. The number of sulfonamides is 1. The average molecular weight is 368 g/mol. The first kappa shape index (κ1) is 17.9. The molecule has 0 amide bonds. The molecular weight excluding hydrogens is 348 g/mol. The molecule has 0 radical (unpaired) electrons. The molecule has 26 heavy (non-hydrogen) atoms. The monoisotopic (exact) mass is 368 g/mol. The van der Waals surface area contributed by atoms with Gasteiger partial charge in [-0.2, -0.15) is 0 Å². The molecule has 0 fully saturated rings. The Morgan fingerprint density at radius 3 is 2.19 bits per heavy atom. The molecule has 2 N–H and O–H groups in total. The van der Waals surface area contributed by atoms with Crippen molar-refractivity contribution in [1.82, 2.24) is 10.2 Å². The third-order valence-corrected chi connectivity index (χ3v) is 5.44. The first-order valence-corrected chi connectivity index (χ1v) is 9.60. The molecule has 0 atom stereocenters. The Morgan fingerprint density at radius 1 is 0.808 bits per heavy atom. The molecule has 2 aromatic carbocycles. The lowest BCUT2D eigenvalue weighted by Crippen LogP contribution is -2.15. The fourth-order valence-corrected chi connectivity index (χ4v) is 3.82. The topological polar surface area (TPSA) is 84.0 Å². The summed E-state index contributed by atoms with van der Waals surface area (Å²) < 4.78 is 27.7. The van der Waals surface area contributed by atoms with E-state index < -0.39 is 10.0 Å². The van der Waals surface area contributed by atoms with E-state index in [1.165, 1.54) is 0 Å². The van der Waals surface area contributed by atoms with Crippen LogP contribution in [0, 0.1) is 20.8 Å². The second-order valence-corrected chi connectivity index (χ2v) is 7.77. The molecule has 1 aromatic heterocycles. The summed E-state index contributed by atoms with van der Waals surface area (Å²) >= 11 is 0. The summed E-state index contributed by atoms with van der Waals surface area (Å²) in [5, 5.41) is 11.2. The molecule has 0 bridgehead atoms. The van der Waals surface area contributed by atoms with Crippen LogP contribution in [0.1, 0.15) is 16.7 Å². The zero-order valence-corrected chi connectivity index (χ0v) is 15.6. The third-order valence-electron chi connectivity index (χ3n) is 3.94. The largest absolute Gasteiger partial charge is 0.339 e. The van der Waals surface area contributed by atoms with E-state index in [0.29, 0.717) is 11.4 Å². The predicted octanol–water partition coefficient (Wildman–Crippen LogP) is 3.95. The van der Waals surface area contributed by atoms with Crippen molar-refractivity contribution in [2.75, 3.05) is 10.0 Å². The second kappa shape index (κ2) is 7.13. The fraction of sp³-hybridized carbons (Fsp3) is 0.158. The minimum Gasteiger partial charge on any atom is -0.339 e. The molecule has 1 heterocycles. The molecule has 134 valence electrons. The standard InChI is InChI=1S/C19H20N4O2S/c1-13-8-9-15(3)17(12-13)26(24,25)23-19-11-10-18(21-22-19)20-16-7-5-4-6-14(16)2/h4-12H,1-3H3,(H,20,21)(H,22,23). The van der Waals surface area contributed by atoms with Gasteiger partial charge >= 0.3 is 0 Å². The van der Waals surface area contributed by atoms with E-state index >= 15 is 0 Å². The fourth-order valence-electron chi connectivity index (χ4n) is 2.49. The van der Waals surface area contributed by atoms with Gasteiger partial charge in [-0.05, 0) is 61.7 Å². The maximum Gasteiger partial charge on any atom is 0.263 e. The van der Waals surface area contributed by atoms with E-state index in [1.807, 2.05) is 44.2 Å². The third kappa shape index (κ3) is 4.00. The number of para-hydroxylation sites is 1. The van der Waals surface area contributed by atoms with Crippen LogP contribution in [0.15, 0.2) is 59.5 Å². The van der Waals surface area contributed by atoms with Gasteiger partial charge in [0.2, 0.25) is 0 Å². The van der Waals surface area contributed by atoms with Gasteiger partial charge in [-0.25, -0.2) is 8.42 Å². The van der Waals surface area contributed by atoms with E-state index in [1.54, 1.807) is 31.2 Å². The molecule has 0 saturated heterocycles. The van der Waals surface area contributed by atoms with E-state index in [4.69, 9.17) is 0 Å². The molecule has 0 aliphatic heterocycles. The lowest BCUT2D eigenvalue weighted by Gasteiger charge is -2.11. The number of hydrogen-bond donors (Lipinski definition) is 2. The molecule has 0 aliphatic rings. The molecule has 3 aromatic rings. The van der Waals surface area contributed by atoms with Gasteiger partial charge in [0.25, 0.3) is 10.0 Å². The van der Waals surface area contributed by atoms with Crippen molar-refractivity contribution in [2.24, 2.45) is 0 Å². The molecule has 0 spiro atoms. The Bertz CT molecular complexity index is 1030. The van der Waals surface area contributed by atoms with Crippen LogP contribution in [0.3, 0.4) is 0 Å². The second-order valence-electron chi connectivity index (χ2n) is 6.12. The van der Waals surface area contributed by atoms with Crippen LogP contribution >= 0.6 is 0 Å². The molecule has 7 heteroatoms. The summed E-state index contributed by atoms with van der Waals surface area (Å²) in [7, 11) is -3.72. The summed E-state index contributed by atoms with van der Waals surface area (Å²) in [6, 6.07) is 16.4. The van der Waals surface area contributed by atoms with Gasteiger partial charge in [-0.15, -0.1) is 10.2 Å². The van der Waals surface area contributed by atoms with Crippen molar-refractivity contribution in [3.8, 4) is 0 Å². The lowest BCUT2D eigenvalue weighted by atomic mass is 10.2. The number of hydrogen-bond acceptors (Lipinski definition) is 5. The Kier molecular flexibility index (Phi) is 4.90. The van der Waals surface area contributed by atoms with E-state index in [0.717, 1.165) is 16.8 Å². The average Bonchev–Trinajstić information content (AvgIpc) is 2.60. The zero-order valence-electron chi connectivity index (χ0n) is 14.8. The molecular formula is C19H20N4O2S. The van der Waals surface area contributed by atoms with Crippen LogP contribution in [0.2, 0.25) is 0 Å². The maximum absolute atomic E-state index is 12.6. The normalized spacial score (nSPS) is 11.2. The van der Waals surface area contributed by atoms with Gasteiger partial charge in [0.05, 0.1) is 4.90 Å². The molecule has 0 aliphatic carbocycles. The van der Waals surface area contributed by atoms with Gasteiger partial charge in [0.15, 0.2) is 11.6 Å². The smallest absolute Gasteiger partial charge is 0.263 e. The first-order valence-electron chi connectivity index (χ1n) is 8.11. The molecule has 3 rings (SSSR count). The first-order chi connectivity index (χ1) is 12.3. The van der Waals surface area contributed by atoms with Crippen molar-refractivity contribution in [3.63, 3.8) is 0 Å². The summed E-state index contributed by atoms with van der Waals surface area (Å²) in [6.07, 6.45) is 0. The highest BCUT2D eigenvalue weighted by atomic mass is 32.2. The zero-order chi connectivity index (χ0) is 18.7. The lowest BCUT2D eigenvalue weighted by molar-refractivity contribution is 0.600. The minimum absolute atomic E-state index is 0.168. The number of benzene rings is 2. The van der Waals surface area contributed by atoms with Crippen LogP contribution < -0.4 is 10.0 Å². The van der Waals surface area contributed by atoms with Crippen LogP contribution in [0.25, 0.3) is 0 Å². The predicted molar refractivity (Wildman–Crippen MR) is 103 cm³/mol. The van der Waals surface area contributed by atoms with E-state index in [-0.39, 0.29) is 10.7 Å². The number of nitrogens with zero attached hydrogens (tertiary/aromatic N) is 2. The summed E-state index contributed by atoms with van der Waals surface area (Å²) in [5.74, 6) is 0.704. The summed E-state index contributed by atoms with van der Waals surface area (Å²) in [6.45, 7) is 5.60. The van der Waals surface area contributed by atoms with Gasteiger partial charge in [-0.1, -0.05) is 30.3 Å². The van der Waals surface area contributed by atoms with Crippen molar-refractivity contribution < 1.29 is 8.42 Å². The van der Waals surface area contributed by atoms with Crippen molar-refractivity contribution in [2.45, 2.75) is 25.7 Å². The summed E-state index contributed by atoms with van der Waals surface area (Å²) in [5.41, 5.74) is 3.55. The van der Waals surface area contributed by atoms with Crippen LogP contribution in [-0.2, 0) is 10.0 Å². The minimum atomic E-state index is -3.72. The van der Waals surface area contributed by atoms with Crippen LogP contribution in [-0.4, -0.2) is 18.6 Å². The van der Waals surface area contributed by atoms with E-state index in [2.05, 4.69) is 20.2 Å². The number of anilines is 3. The van der Waals surface area contributed by atoms with Crippen molar-refractivity contribution >= 4 is 27.3 Å². The van der Waals surface area contributed by atoms with Crippen molar-refractivity contribution in [1.29, 1.82) is 0 Å². The number of aryl methyl sites for hydroxylation is 3. The van der Waals surface area contributed by atoms with Crippen LogP contribution in [0.5, 0.6) is 0 Å². The molecule has 0 saturated carbocycles. The Labute approximate surface area is 153 Å². The van der Waals surface area contributed by atoms with Crippen molar-refractivity contribution in [3.05, 3.63) is 71.3 Å². The van der Waals surface area contributed by atoms with E-state index in [9.17, 15) is 8.42 Å². The molecule has 6 nitrogen and oxygen atoms in total. The highest BCUT2D eigenvalue weighted by molar-refractivity contribution is 7.92. The van der Waals surface area contributed by atoms with Gasteiger partial charge in [-0.3, -0.25) is 4.72 Å². The Balaban J connectivity index is 1.79. The van der Waals surface area contributed by atoms with Gasteiger partial charge in [0.1, 0.15) is 0 Å². The van der Waals surface area contributed by atoms with Crippen LogP contribution in [0.4, 0.5) is 17.3 Å². The number of rotatable bonds is 5. The summed E-state index contributed by atoms with van der Waals surface area (Å²) in [4.78, 5) is 0.237. The SMILES string of the molecule is Cc1ccc(C)c(S(=O)(=O)Nc2ccc(Nc3ccccc3C)nn2)c1.